The number of carbonyl (C=O) groups is 1. The predicted octanol–water partition coefficient (Wildman–Crippen LogP) is 2.12. The second-order valence-corrected chi connectivity index (χ2v) is 10.9. The predicted molar refractivity (Wildman–Crippen MR) is 184 cm³/mol. The van der Waals surface area contributed by atoms with E-state index in [1.165, 1.54) is 26.4 Å². The molecule has 4 aromatic rings. The van der Waals surface area contributed by atoms with Gasteiger partial charge in [0, 0.05) is 25.1 Å². The van der Waals surface area contributed by atoms with Crippen LogP contribution in [0.1, 0.15) is 88.0 Å². The van der Waals surface area contributed by atoms with Crippen LogP contribution < -0.4 is 71.4 Å². The molecule has 251 valence electrons. The zero-order valence-electron chi connectivity index (χ0n) is 29.9. The van der Waals surface area contributed by atoms with Gasteiger partial charge in [-0.25, -0.2) is 9.97 Å². The molecule has 0 saturated carbocycles. The van der Waals surface area contributed by atoms with Crippen LogP contribution in [0.5, 0.6) is 34.5 Å². The second kappa shape index (κ2) is 18.3. The smallest absolute Gasteiger partial charge is 1.00 e. The molecule has 48 heavy (non-hydrogen) atoms. The molecule has 4 rings (SSSR count). The van der Waals surface area contributed by atoms with Crippen molar-refractivity contribution in [3.8, 4) is 34.5 Å². The first-order chi connectivity index (χ1) is 21.7. The van der Waals surface area contributed by atoms with Gasteiger partial charge in [0.25, 0.3) is 0 Å². The Morgan fingerprint density at radius 2 is 1.08 bits per heavy atom. The summed E-state index contributed by atoms with van der Waals surface area (Å²) in [6.45, 7) is 11.2. The molecule has 0 amide bonds. The van der Waals surface area contributed by atoms with Crippen molar-refractivity contribution >= 4 is 37.7 Å². The topological polar surface area (TPSA) is 230 Å². The number of aliphatic hydroxyl groups excluding tert-OH is 1. The third-order valence-corrected chi connectivity index (χ3v) is 6.81. The number of anilines is 4. The van der Waals surface area contributed by atoms with Crippen molar-refractivity contribution in [2.24, 2.45) is 0 Å². The first-order valence-corrected chi connectivity index (χ1v) is 14.4. The molecule has 2 aromatic heterocycles. The van der Waals surface area contributed by atoms with Gasteiger partial charge in [0.2, 0.25) is 11.9 Å². The molecule has 0 aliphatic carbocycles. The number of carbonyl (C=O) groups excluding carboxylic acids is 1. The van der Waals surface area contributed by atoms with Crippen molar-refractivity contribution in [2.75, 3.05) is 37.2 Å². The number of aliphatic hydroxyl groups is 1. The SMILES string of the molecule is COc1cc(C(C)C)c(Oc2cnc(N)nc2N)cc1C(C)=O.COc1cc(C(C)C)c(Oc2cnc(N)nc2N)cc1C(C)O.[B].[H-].[Na+]. The number of nitrogens with zero attached hydrogens (tertiary/aromatic N) is 4. The molecule has 16 heteroatoms. The van der Waals surface area contributed by atoms with Gasteiger partial charge in [-0.2, -0.15) is 9.97 Å². The molecule has 2 heterocycles. The monoisotopic (exact) mass is 669 g/mol. The summed E-state index contributed by atoms with van der Waals surface area (Å²) in [5.74, 6) is 3.42. The van der Waals surface area contributed by atoms with Crippen LogP contribution in [0.4, 0.5) is 23.5 Å². The fraction of sp³-hybridized carbons (Fsp3) is 0.344. The standard InChI is InChI=1S/C16H22N4O3.C16H20N4O3.B.Na.H/c2*1-8(2)10-5-12(22-4)11(9(3)21)6-13(10)23-14-7-19-16(18)20-15(14)17;;;/h5-9,21H,1-4H3,(H4,17,18,19,20);5-8H,1-4H3,(H4,17,18,19,20);;;/q;;;+1;-1. The summed E-state index contributed by atoms with van der Waals surface area (Å²) in [6.07, 6.45) is 2.13. The van der Waals surface area contributed by atoms with E-state index in [4.69, 9.17) is 41.9 Å². The van der Waals surface area contributed by atoms with E-state index in [0.29, 0.717) is 39.9 Å². The maximum absolute atomic E-state index is 11.8. The van der Waals surface area contributed by atoms with Gasteiger partial charge in [0.1, 0.15) is 23.0 Å². The van der Waals surface area contributed by atoms with Crippen LogP contribution in [0.3, 0.4) is 0 Å². The molecule has 0 saturated heterocycles. The van der Waals surface area contributed by atoms with Gasteiger partial charge in [-0.05, 0) is 49.9 Å². The number of methoxy groups -OCH3 is 2. The molecule has 0 spiro atoms. The Morgan fingerprint density at radius 3 is 1.44 bits per heavy atom. The number of benzene rings is 2. The van der Waals surface area contributed by atoms with Crippen LogP contribution >= 0.6 is 0 Å². The third-order valence-electron chi connectivity index (χ3n) is 6.81. The molecule has 1 atom stereocenters. The summed E-state index contributed by atoms with van der Waals surface area (Å²) in [6, 6.07) is 7.04. The average molecular weight is 670 g/mol. The molecule has 2 aromatic carbocycles. The van der Waals surface area contributed by atoms with Gasteiger partial charge in [-0.1, -0.05) is 27.7 Å². The maximum atomic E-state index is 11.8. The zero-order chi connectivity index (χ0) is 34.3. The Bertz CT molecular complexity index is 1720. The van der Waals surface area contributed by atoms with E-state index in [0.717, 1.165) is 11.1 Å². The summed E-state index contributed by atoms with van der Waals surface area (Å²) in [5, 5.41) is 9.95. The number of hydrogen-bond acceptors (Lipinski definition) is 14. The number of Topliss-reactive ketones (excluding diaryl/α,β-unsaturated/α-hetero) is 1. The zero-order valence-corrected chi connectivity index (χ0v) is 30.9. The Morgan fingerprint density at radius 1 is 0.688 bits per heavy atom. The van der Waals surface area contributed by atoms with Crippen molar-refractivity contribution in [3.05, 3.63) is 58.9 Å². The van der Waals surface area contributed by atoms with Crippen LogP contribution in [0, 0.1) is 0 Å². The number of rotatable bonds is 10. The van der Waals surface area contributed by atoms with Crippen molar-refractivity contribution in [2.45, 2.75) is 59.5 Å². The number of nitrogens with two attached hydrogens (primary N) is 4. The van der Waals surface area contributed by atoms with Gasteiger partial charge in [-0.3, -0.25) is 4.79 Å². The minimum atomic E-state index is -0.700. The van der Waals surface area contributed by atoms with Crippen LogP contribution in [0.15, 0.2) is 36.7 Å². The molecule has 3 radical (unpaired) electrons. The Kier molecular flexibility index (Phi) is 15.9. The third kappa shape index (κ3) is 10.3. The van der Waals surface area contributed by atoms with Crippen molar-refractivity contribution in [3.63, 3.8) is 0 Å². The summed E-state index contributed by atoms with van der Waals surface area (Å²) in [5.41, 5.74) is 25.5. The minimum Gasteiger partial charge on any atom is -1.00 e. The molecular formula is C32H43BN8NaO6. The second-order valence-electron chi connectivity index (χ2n) is 10.9. The molecule has 0 aliphatic rings. The quantitative estimate of drug-likeness (QED) is 0.120. The van der Waals surface area contributed by atoms with Gasteiger partial charge >= 0.3 is 29.6 Å². The van der Waals surface area contributed by atoms with Crippen LogP contribution in [-0.2, 0) is 0 Å². The fourth-order valence-corrected chi connectivity index (χ4v) is 4.38. The Balaban J connectivity index is 0.000000886. The average Bonchev–Trinajstić information content (AvgIpc) is 2.99. The van der Waals surface area contributed by atoms with E-state index in [1.807, 2.05) is 33.8 Å². The van der Waals surface area contributed by atoms with E-state index in [2.05, 4.69) is 19.9 Å². The van der Waals surface area contributed by atoms with Crippen LogP contribution in [0.25, 0.3) is 0 Å². The molecule has 0 fully saturated rings. The van der Waals surface area contributed by atoms with E-state index >= 15 is 0 Å². The summed E-state index contributed by atoms with van der Waals surface area (Å²) >= 11 is 0. The van der Waals surface area contributed by atoms with E-state index < -0.39 is 6.10 Å². The number of aromatic nitrogens is 4. The largest absolute Gasteiger partial charge is 1.00 e. The van der Waals surface area contributed by atoms with Gasteiger partial charge < -0.3 is 48.4 Å². The maximum Gasteiger partial charge on any atom is 1.00 e. The van der Waals surface area contributed by atoms with E-state index in [1.54, 1.807) is 32.2 Å². The number of hydrogen-bond donors (Lipinski definition) is 5. The first kappa shape index (κ1) is 41.7. The molecule has 0 bridgehead atoms. The first-order valence-electron chi connectivity index (χ1n) is 14.4. The van der Waals surface area contributed by atoms with Gasteiger partial charge in [-0.15, -0.1) is 0 Å². The summed E-state index contributed by atoms with van der Waals surface area (Å²) in [4.78, 5) is 27.3. The number of ketones is 1. The van der Waals surface area contributed by atoms with E-state index in [9.17, 15) is 9.90 Å². The Hall–Kier alpha value is -4.31. The van der Waals surface area contributed by atoms with Gasteiger partial charge in [0.05, 0.1) is 38.3 Å². The molecule has 14 nitrogen and oxygen atoms in total. The summed E-state index contributed by atoms with van der Waals surface area (Å²) < 4.78 is 22.4. The van der Waals surface area contributed by atoms with Gasteiger partial charge in [0.15, 0.2) is 28.9 Å². The molecular weight excluding hydrogens is 626 g/mol. The van der Waals surface area contributed by atoms with Crippen molar-refractivity contribution < 1.29 is 59.8 Å². The van der Waals surface area contributed by atoms with Crippen LogP contribution in [0.2, 0.25) is 0 Å². The summed E-state index contributed by atoms with van der Waals surface area (Å²) in [7, 11) is 3.09. The van der Waals surface area contributed by atoms with Crippen molar-refractivity contribution in [1.82, 2.24) is 19.9 Å². The Labute approximate surface area is 306 Å². The minimum absolute atomic E-state index is 0. The number of nitrogen functional groups attached to an aromatic ring is 4. The van der Waals surface area contributed by atoms with Crippen LogP contribution in [-0.4, -0.2) is 53.5 Å². The fourth-order valence-electron chi connectivity index (χ4n) is 4.38. The normalized spacial score (nSPS) is 11.0. The number of ether oxygens (including phenoxy) is 4. The molecule has 9 N–H and O–H groups in total. The van der Waals surface area contributed by atoms with Crippen molar-refractivity contribution in [1.29, 1.82) is 0 Å². The molecule has 1 unspecified atom stereocenters. The molecule has 0 aliphatic heterocycles. The van der Waals surface area contributed by atoms with E-state index in [-0.39, 0.29) is 86.3 Å².